The zero-order valence-electron chi connectivity index (χ0n) is 14.3. The summed E-state index contributed by atoms with van der Waals surface area (Å²) in [5.74, 6) is 0.741. The lowest BCUT2D eigenvalue weighted by Gasteiger charge is -2.27. The predicted molar refractivity (Wildman–Crippen MR) is 105 cm³/mol. The van der Waals surface area contributed by atoms with Crippen LogP contribution in [-0.4, -0.2) is 0 Å². The number of hydrogen-bond acceptors (Lipinski definition) is 0. The minimum absolute atomic E-state index is 0.205. The molecule has 2 aromatic rings. The monoisotopic (exact) mass is 392 g/mol. The largest absolute Gasteiger partial charge is 0.0843 e. The molecule has 0 N–H and O–H groups in total. The molecular formula is C21H26BrCl. The van der Waals surface area contributed by atoms with E-state index in [2.05, 4.69) is 73.1 Å². The second-order valence-corrected chi connectivity index (χ2v) is 8.55. The van der Waals surface area contributed by atoms with Gasteiger partial charge in [0.15, 0.2) is 0 Å². The first-order valence-corrected chi connectivity index (χ1v) is 9.54. The highest BCUT2D eigenvalue weighted by Gasteiger charge is 2.21. The molecule has 0 heterocycles. The fourth-order valence-electron chi connectivity index (χ4n) is 2.86. The first-order valence-electron chi connectivity index (χ1n) is 8.37. The Morgan fingerprint density at radius 3 is 2.17 bits per heavy atom. The first-order chi connectivity index (χ1) is 10.9. The predicted octanol–water partition coefficient (Wildman–Crippen LogP) is 7.43. The van der Waals surface area contributed by atoms with Gasteiger partial charge in [-0.2, -0.15) is 0 Å². The van der Waals surface area contributed by atoms with Gasteiger partial charge in [0, 0.05) is 9.50 Å². The Kier molecular flexibility index (Phi) is 6.73. The number of hydrogen-bond donors (Lipinski definition) is 0. The standard InChI is InChI=1S/C21H26BrCl/c1-16(4-5-17-6-10-19(22)11-7-17)14-15-21(2,3)18-8-12-20(23)13-9-18/h6-13,16H,4-5,14-15H2,1-3H3. The van der Waals surface area contributed by atoms with Gasteiger partial charge in [-0.25, -0.2) is 0 Å². The minimum atomic E-state index is 0.205. The number of benzene rings is 2. The molecule has 2 rings (SSSR count). The molecule has 0 aliphatic rings. The number of halogens is 2. The maximum Gasteiger partial charge on any atom is 0.0406 e. The highest BCUT2D eigenvalue weighted by Crippen LogP contribution is 2.31. The van der Waals surface area contributed by atoms with Crippen molar-refractivity contribution in [1.29, 1.82) is 0 Å². The van der Waals surface area contributed by atoms with E-state index in [0.717, 1.165) is 21.8 Å². The maximum atomic E-state index is 6.00. The lowest BCUT2D eigenvalue weighted by Crippen LogP contribution is -2.18. The zero-order chi connectivity index (χ0) is 16.9. The normalized spacial score (nSPS) is 13.1. The quantitative estimate of drug-likeness (QED) is 0.459. The van der Waals surface area contributed by atoms with Crippen LogP contribution in [0.4, 0.5) is 0 Å². The van der Waals surface area contributed by atoms with Crippen LogP contribution in [-0.2, 0) is 11.8 Å². The van der Waals surface area contributed by atoms with Crippen molar-refractivity contribution >= 4 is 27.5 Å². The SMILES string of the molecule is CC(CCc1ccc(Br)cc1)CCC(C)(C)c1ccc(Cl)cc1. The van der Waals surface area contributed by atoms with E-state index in [4.69, 9.17) is 11.6 Å². The average Bonchev–Trinajstić information content (AvgIpc) is 2.53. The molecule has 1 atom stereocenters. The van der Waals surface area contributed by atoms with Gasteiger partial charge < -0.3 is 0 Å². The molecule has 2 heteroatoms. The molecule has 0 bridgehead atoms. The zero-order valence-corrected chi connectivity index (χ0v) is 16.6. The van der Waals surface area contributed by atoms with Gasteiger partial charge in [-0.1, -0.05) is 72.6 Å². The summed E-state index contributed by atoms with van der Waals surface area (Å²) in [5.41, 5.74) is 3.01. The van der Waals surface area contributed by atoms with Crippen LogP contribution < -0.4 is 0 Å². The summed E-state index contributed by atoms with van der Waals surface area (Å²) >= 11 is 9.49. The fraction of sp³-hybridized carbons (Fsp3) is 0.429. The number of rotatable bonds is 7. The van der Waals surface area contributed by atoms with Crippen molar-refractivity contribution < 1.29 is 0 Å². The third-order valence-corrected chi connectivity index (χ3v) is 5.51. The Morgan fingerprint density at radius 1 is 0.957 bits per heavy atom. The van der Waals surface area contributed by atoms with Crippen molar-refractivity contribution in [3.8, 4) is 0 Å². The topological polar surface area (TPSA) is 0 Å². The molecule has 2 aromatic carbocycles. The summed E-state index contributed by atoms with van der Waals surface area (Å²) in [5, 5.41) is 0.812. The molecule has 0 radical (unpaired) electrons. The lowest BCUT2D eigenvalue weighted by molar-refractivity contribution is 0.386. The van der Waals surface area contributed by atoms with Crippen LogP contribution >= 0.6 is 27.5 Å². The van der Waals surface area contributed by atoms with Gasteiger partial charge in [-0.15, -0.1) is 0 Å². The van der Waals surface area contributed by atoms with Crippen LogP contribution in [0, 0.1) is 5.92 Å². The lowest BCUT2D eigenvalue weighted by atomic mass is 9.78. The van der Waals surface area contributed by atoms with Gasteiger partial charge in [0.2, 0.25) is 0 Å². The van der Waals surface area contributed by atoms with Crippen LogP contribution in [0.15, 0.2) is 53.0 Å². The molecule has 0 aliphatic heterocycles. The van der Waals surface area contributed by atoms with E-state index >= 15 is 0 Å². The molecule has 0 saturated carbocycles. The Labute approximate surface area is 154 Å². The molecule has 0 aromatic heterocycles. The Hall–Kier alpha value is -0.790. The molecule has 124 valence electrons. The van der Waals surface area contributed by atoms with Crippen molar-refractivity contribution in [2.75, 3.05) is 0 Å². The van der Waals surface area contributed by atoms with E-state index in [1.807, 2.05) is 12.1 Å². The highest BCUT2D eigenvalue weighted by atomic mass is 79.9. The van der Waals surface area contributed by atoms with Gasteiger partial charge in [-0.05, 0) is 72.4 Å². The van der Waals surface area contributed by atoms with Crippen molar-refractivity contribution in [2.24, 2.45) is 5.92 Å². The molecule has 0 fully saturated rings. The molecule has 0 amide bonds. The summed E-state index contributed by atoms with van der Waals surface area (Å²) in [6.45, 7) is 7.03. The molecule has 0 aliphatic carbocycles. The van der Waals surface area contributed by atoms with Gasteiger partial charge >= 0.3 is 0 Å². The molecule has 0 saturated heterocycles. The smallest absolute Gasteiger partial charge is 0.0406 e. The van der Waals surface area contributed by atoms with E-state index in [0.29, 0.717) is 0 Å². The number of aryl methyl sites for hydroxylation is 1. The molecule has 0 nitrogen and oxygen atoms in total. The molecule has 23 heavy (non-hydrogen) atoms. The Bertz CT molecular complexity index is 599. The molecule has 0 spiro atoms. The fourth-order valence-corrected chi connectivity index (χ4v) is 3.25. The van der Waals surface area contributed by atoms with Crippen molar-refractivity contribution in [3.05, 3.63) is 69.2 Å². The second kappa shape index (κ2) is 8.35. The van der Waals surface area contributed by atoms with Crippen molar-refractivity contribution in [1.82, 2.24) is 0 Å². The van der Waals surface area contributed by atoms with Crippen molar-refractivity contribution in [2.45, 2.75) is 51.9 Å². The Morgan fingerprint density at radius 2 is 1.57 bits per heavy atom. The van der Waals surface area contributed by atoms with Gasteiger partial charge in [-0.3, -0.25) is 0 Å². The van der Waals surface area contributed by atoms with Crippen LogP contribution in [0.2, 0.25) is 5.02 Å². The van der Waals surface area contributed by atoms with E-state index < -0.39 is 0 Å². The van der Waals surface area contributed by atoms with Gasteiger partial charge in [0.1, 0.15) is 0 Å². The van der Waals surface area contributed by atoms with E-state index in [1.54, 1.807) is 0 Å². The maximum absolute atomic E-state index is 6.00. The summed E-state index contributed by atoms with van der Waals surface area (Å²) in [7, 11) is 0. The first kappa shape index (κ1) is 18.5. The van der Waals surface area contributed by atoms with Crippen LogP contribution in [0.3, 0.4) is 0 Å². The van der Waals surface area contributed by atoms with Crippen LogP contribution in [0.25, 0.3) is 0 Å². The summed E-state index contributed by atoms with van der Waals surface area (Å²) < 4.78 is 1.15. The van der Waals surface area contributed by atoms with Gasteiger partial charge in [0.25, 0.3) is 0 Å². The third kappa shape index (κ3) is 5.97. The second-order valence-electron chi connectivity index (χ2n) is 7.20. The summed E-state index contributed by atoms with van der Waals surface area (Å²) in [6.07, 6.45) is 4.87. The van der Waals surface area contributed by atoms with Gasteiger partial charge in [0.05, 0.1) is 0 Å². The summed E-state index contributed by atoms with van der Waals surface area (Å²) in [6, 6.07) is 17.0. The van der Waals surface area contributed by atoms with E-state index in [1.165, 1.54) is 30.4 Å². The average molecular weight is 394 g/mol. The molecular weight excluding hydrogens is 368 g/mol. The van der Waals surface area contributed by atoms with E-state index in [-0.39, 0.29) is 5.41 Å². The Balaban J connectivity index is 1.82. The van der Waals surface area contributed by atoms with Crippen LogP contribution in [0.5, 0.6) is 0 Å². The highest BCUT2D eigenvalue weighted by molar-refractivity contribution is 9.10. The minimum Gasteiger partial charge on any atom is -0.0843 e. The van der Waals surface area contributed by atoms with Crippen LogP contribution in [0.1, 0.15) is 51.2 Å². The van der Waals surface area contributed by atoms with Crippen molar-refractivity contribution in [3.63, 3.8) is 0 Å². The van der Waals surface area contributed by atoms with E-state index in [9.17, 15) is 0 Å². The molecule has 1 unspecified atom stereocenters. The third-order valence-electron chi connectivity index (χ3n) is 4.73. The summed E-state index contributed by atoms with van der Waals surface area (Å²) in [4.78, 5) is 0.